The molecule has 0 aromatic heterocycles. The molecule has 2 rings (SSSR count). The highest BCUT2D eigenvalue weighted by atomic mass is 35.5. The zero-order valence-electron chi connectivity index (χ0n) is 23.5. The Morgan fingerprint density at radius 2 is 1.77 bits per heavy atom. The summed E-state index contributed by atoms with van der Waals surface area (Å²) in [6, 6.07) is 11.6. The molecule has 40 heavy (non-hydrogen) atoms. The van der Waals surface area contributed by atoms with Gasteiger partial charge in [0.15, 0.2) is 11.2 Å². The molecule has 0 saturated carbocycles. The summed E-state index contributed by atoms with van der Waals surface area (Å²) in [5, 5.41) is 7.21. The summed E-state index contributed by atoms with van der Waals surface area (Å²) in [5.74, 6) is -0.358. The first kappa shape index (κ1) is 33.8. The Kier molecular flexibility index (Phi) is 13.1. The Morgan fingerprint density at radius 1 is 1.10 bits per heavy atom. The summed E-state index contributed by atoms with van der Waals surface area (Å²) in [5.41, 5.74) is 1.84. The van der Waals surface area contributed by atoms with Gasteiger partial charge in [0.25, 0.3) is 0 Å². The van der Waals surface area contributed by atoms with Crippen LogP contribution in [0.15, 0.2) is 42.5 Å². The van der Waals surface area contributed by atoms with Crippen molar-refractivity contribution in [2.24, 2.45) is 17.0 Å². The first-order chi connectivity index (χ1) is 18.8. The number of sulfonamides is 1. The van der Waals surface area contributed by atoms with Gasteiger partial charge in [-0.05, 0) is 42.9 Å². The van der Waals surface area contributed by atoms with Gasteiger partial charge in [-0.2, -0.15) is 12.6 Å². The van der Waals surface area contributed by atoms with Gasteiger partial charge < -0.3 is 10.2 Å². The molecule has 0 radical (unpaired) electrons. The molecule has 2 atom stereocenters. The number of thiol groups is 1. The van der Waals surface area contributed by atoms with Crippen LogP contribution in [0.3, 0.4) is 0 Å². The van der Waals surface area contributed by atoms with Gasteiger partial charge in [-0.1, -0.05) is 75.2 Å². The molecule has 0 aliphatic rings. The maximum atomic E-state index is 13.3. The third kappa shape index (κ3) is 9.33. The largest absolute Gasteiger partial charge is 0.354 e. The Hall–Kier alpha value is -2.40. The van der Waals surface area contributed by atoms with E-state index in [1.54, 1.807) is 36.4 Å². The highest BCUT2D eigenvalue weighted by Crippen LogP contribution is 2.35. The molecule has 1 unspecified atom stereocenters. The van der Waals surface area contributed by atoms with Gasteiger partial charge in [0, 0.05) is 47.3 Å². The number of unbranched alkanes of at least 4 members (excludes halogenated alkanes) is 1. The Balaban J connectivity index is 2.45. The van der Waals surface area contributed by atoms with Gasteiger partial charge in [-0.3, -0.25) is 14.4 Å². The number of hydrogen-bond acceptors (Lipinski definition) is 6. The number of hydrogen-bond donors (Lipinski definition) is 3. The number of amides is 2. The number of rotatable bonds is 15. The van der Waals surface area contributed by atoms with Gasteiger partial charge in [-0.15, -0.1) is 0 Å². The number of benzene rings is 2. The van der Waals surface area contributed by atoms with Crippen LogP contribution in [0, 0.1) is 11.8 Å². The van der Waals surface area contributed by atoms with Crippen molar-refractivity contribution in [3.8, 4) is 11.1 Å². The molecular formula is C29H40ClN3O5S2. The molecule has 2 aromatic carbocycles. The molecule has 0 aliphatic heterocycles. The number of nitrogens with zero attached hydrogens (tertiary/aromatic N) is 1. The summed E-state index contributed by atoms with van der Waals surface area (Å²) < 4.78 is 25.9. The van der Waals surface area contributed by atoms with Gasteiger partial charge in [0.2, 0.25) is 21.8 Å². The van der Waals surface area contributed by atoms with Crippen LogP contribution >= 0.6 is 24.2 Å². The van der Waals surface area contributed by atoms with Crippen LogP contribution in [0.25, 0.3) is 11.1 Å². The maximum Gasteiger partial charge on any atom is 0.234 e. The van der Waals surface area contributed by atoms with Gasteiger partial charge in [0.1, 0.15) is 0 Å². The third-order valence-corrected chi connectivity index (χ3v) is 8.44. The first-order valence-electron chi connectivity index (χ1n) is 13.4. The molecule has 0 spiro atoms. The summed E-state index contributed by atoms with van der Waals surface area (Å²) >= 11 is 10.9. The highest BCUT2D eigenvalue weighted by Gasteiger charge is 2.34. The molecule has 0 heterocycles. The van der Waals surface area contributed by atoms with E-state index in [4.69, 9.17) is 16.7 Å². The predicted octanol–water partition coefficient (Wildman–Crippen LogP) is 5.22. The lowest BCUT2D eigenvalue weighted by molar-refractivity contribution is -0.133. The fourth-order valence-corrected chi connectivity index (χ4v) is 6.31. The van der Waals surface area contributed by atoms with E-state index in [0.717, 1.165) is 6.42 Å². The Bertz CT molecular complexity index is 1300. The lowest BCUT2D eigenvalue weighted by Crippen LogP contribution is -2.46. The average Bonchev–Trinajstić information content (AvgIpc) is 2.88. The number of nitrogens with one attached hydrogen (secondary N) is 1. The van der Waals surface area contributed by atoms with Crippen molar-refractivity contribution in [2.45, 2.75) is 58.8 Å². The van der Waals surface area contributed by atoms with Crippen molar-refractivity contribution in [1.29, 1.82) is 0 Å². The van der Waals surface area contributed by atoms with Crippen LogP contribution in [0.2, 0.25) is 5.02 Å². The molecule has 2 amide bonds. The van der Waals surface area contributed by atoms with Crippen molar-refractivity contribution >= 4 is 51.9 Å². The van der Waals surface area contributed by atoms with E-state index in [1.165, 1.54) is 17.9 Å². The Labute approximate surface area is 248 Å². The number of carbonyl (C=O) groups is 3. The monoisotopic (exact) mass is 609 g/mol. The van der Waals surface area contributed by atoms with Crippen LogP contribution in [0.5, 0.6) is 0 Å². The van der Waals surface area contributed by atoms with E-state index in [-0.39, 0.29) is 47.7 Å². The molecule has 3 N–H and O–H groups in total. The van der Waals surface area contributed by atoms with E-state index in [1.807, 2.05) is 20.8 Å². The summed E-state index contributed by atoms with van der Waals surface area (Å²) in [6.07, 6.45) is 2.09. The fourth-order valence-electron chi connectivity index (χ4n) is 4.60. The van der Waals surface area contributed by atoms with E-state index >= 15 is 0 Å². The van der Waals surface area contributed by atoms with Gasteiger partial charge in [0.05, 0.1) is 0 Å². The minimum atomic E-state index is -4.32. The van der Waals surface area contributed by atoms with Crippen molar-refractivity contribution in [1.82, 2.24) is 10.2 Å². The molecular weight excluding hydrogens is 570 g/mol. The summed E-state index contributed by atoms with van der Waals surface area (Å²) in [6.45, 7) is 7.40. The molecule has 2 aromatic rings. The van der Waals surface area contributed by atoms with Crippen LogP contribution < -0.4 is 10.5 Å². The maximum absolute atomic E-state index is 13.3. The van der Waals surface area contributed by atoms with Crippen molar-refractivity contribution in [3.05, 3.63) is 58.6 Å². The lowest BCUT2D eigenvalue weighted by atomic mass is 9.96. The number of carbonyl (C=O) groups excluding carboxylic acids is 3. The second kappa shape index (κ2) is 15.6. The standard InChI is InChI=1S/C29H40ClN3O5S2/c1-5-6-11-27(35)33(15-14-32-28(36)22(18-39)16-19(2)3)29(40(31,37)38)21-12-13-25(26(30)17-21)24-10-8-7-9-23(24)20(4)34/h7-10,12-13,17,19,22,29,39H,5-6,11,14-16,18H2,1-4H3,(H,32,36)(H2,31,37,38)/t22?,29-/m0/s1. The zero-order chi connectivity index (χ0) is 30.0. The lowest BCUT2D eigenvalue weighted by Gasteiger charge is -2.31. The topological polar surface area (TPSA) is 127 Å². The minimum absolute atomic E-state index is 0.0445. The van der Waals surface area contributed by atoms with Gasteiger partial charge >= 0.3 is 0 Å². The summed E-state index contributed by atoms with van der Waals surface area (Å²) in [7, 11) is -4.32. The van der Waals surface area contributed by atoms with Gasteiger partial charge in [-0.25, -0.2) is 13.6 Å². The molecule has 0 aliphatic carbocycles. The van der Waals surface area contributed by atoms with Crippen molar-refractivity contribution in [2.75, 3.05) is 18.8 Å². The second-order valence-electron chi connectivity index (χ2n) is 10.3. The minimum Gasteiger partial charge on any atom is -0.354 e. The van der Waals surface area contributed by atoms with Crippen LogP contribution in [0.1, 0.15) is 74.7 Å². The first-order valence-corrected chi connectivity index (χ1v) is 16.0. The number of primary sulfonamides is 1. The fraction of sp³-hybridized carbons (Fsp3) is 0.483. The van der Waals surface area contributed by atoms with E-state index < -0.39 is 21.3 Å². The molecule has 0 fully saturated rings. The SMILES string of the molecule is CCCCC(=O)N(CCNC(=O)C(CS)CC(C)C)[C@H](c1ccc(-c2ccccc2C(C)=O)c(Cl)c1)S(N)(=O)=O. The third-order valence-electron chi connectivity index (χ3n) is 6.53. The highest BCUT2D eigenvalue weighted by molar-refractivity contribution is 7.89. The molecule has 0 saturated heterocycles. The van der Waals surface area contributed by atoms with E-state index in [0.29, 0.717) is 41.2 Å². The number of halogens is 1. The number of nitrogens with two attached hydrogens (primary N) is 1. The second-order valence-corrected chi connectivity index (χ2v) is 12.7. The predicted molar refractivity (Wildman–Crippen MR) is 164 cm³/mol. The number of Topliss-reactive ketones (excluding diaryl/α,β-unsaturated/α-hetero) is 1. The van der Waals surface area contributed by atoms with Crippen molar-refractivity contribution in [3.63, 3.8) is 0 Å². The van der Waals surface area contributed by atoms with Crippen LogP contribution in [-0.2, 0) is 19.6 Å². The Morgan fingerprint density at radius 3 is 2.33 bits per heavy atom. The summed E-state index contributed by atoms with van der Waals surface area (Å²) in [4.78, 5) is 39.3. The molecule has 8 nitrogen and oxygen atoms in total. The normalized spacial score (nSPS) is 13.1. The van der Waals surface area contributed by atoms with Crippen LogP contribution in [0.4, 0.5) is 0 Å². The molecule has 11 heteroatoms. The number of ketones is 1. The molecule has 220 valence electrons. The smallest absolute Gasteiger partial charge is 0.234 e. The van der Waals surface area contributed by atoms with E-state index in [9.17, 15) is 22.8 Å². The zero-order valence-corrected chi connectivity index (χ0v) is 26.0. The van der Waals surface area contributed by atoms with Crippen molar-refractivity contribution < 1.29 is 22.8 Å². The molecule has 0 bridgehead atoms. The van der Waals surface area contributed by atoms with E-state index in [2.05, 4.69) is 17.9 Å². The van der Waals surface area contributed by atoms with Crippen LogP contribution in [-0.4, -0.2) is 49.8 Å². The average molecular weight is 610 g/mol. The quantitative estimate of drug-likeness (QED) is 0.188.